The van der Waals surface area contributed by atoms with Crippen molar-refractivity contribution >= 4 is 23.6 Å². The molecule has 0 bridgehead atoms. The second-order valence-electron chi connectivity index (χ2n) is 4.26. The molecule has 0 fully saturated rings. The van der Waals surface area contributed by atoms with Gasteiger partial charge in [-0.1, -0.05) is 6.92 Å². The van der Waals surface area contributed by atoms with Gasteiger partial charge in [-0.05, 0) is 43.9 Å². The summed E-state index contributed by atoms with van der Waals surface area (Å²) in [5, 5.41) is 0. The molecule has 0 unspecified atom stereocenters. The fourth-order valence-corrected chi connectivity index (χ4v) is 2.21. The van der Waals surface area contributed by atoms with Crippen molar-refractivity contribution in [2.24, 2.45) is 0 Å². The molecule has 0 aromatic heterocycles. The number of hydrogen-bond donors (Lipinski definition) is 0. The summed E-state index contributed by atoms with van der Waals surface area (Å²) in [7, 11) is 0. The minimum absolute atomic E-state index is 0.00475. The standard InChI is InChI=1S/C15H21NO3S/c1-4-10-16(11-14(17)19-5-2)15(18)12-6-8-13(20-3)9-7-12/h6-9H,4-5,10-11H2,1-3H3. The second kappa shape index (κ2) is 8.64. The monoisotopic (exact) mass is 295 g/mol. The van der Waals surface area contributed by atoms with Gasteiger partial charge >= 0.3 is 5.97 Å². The summed E-state index contributed by atoms with van der Waals surface area (Å²) in [6, 6.07) is 7.41. The van der Waals surface area contributed by atoms with Crippen molar-refractivity contribution < 1.29 is 14.3 Å². The molecule has 1 amide bonds. The van der Waals surface area contributed by atoms with Crippen molar-refractivity contribution in [2.75, 3.05) is 26.0 Å². The van der Waals surface area contributed by atoms with Gasteiger partial charge in [0.2, 0.25) is 0 Å². The van der Waals surface area contributed by atoms with E-state index in [0.29, 0.717) is 18.7 Å². The average molecular weight is 295 g/mol. The Morgan fingerprint density at radius 2 is 1.85 bits per heavy atom. The number of nitrogens with zero attached hydrogens (tertiary/aromatic N) is 1. The van der Waals surface area contributed by atoms with E-state index in [2.05, 4.69) is 0 Å². The molecule has 0 aliphatic rings. The van der Waals surface area contributed by atoms with Gasteiger partial charge in [0.1, 0.15) is 6.54 Å². The van der Waals surface area contributed by atoms with Crippen LogP contribution >= 0.6 is 11.8 Å². The van der Waals surface area contributed by atoms with Crippen LogP contribution in [-0.4, -0.2) is 42.7 Å². The molecular formula is C15H21NO3S. The zero-order valence-electron chi connectivity index (χ0n) is 12.2. The largest absolute Gasteiger partial charge is 0.465 e. The fourth-order valence-electron chi connectivity index (χ4n) is 1.80. The van der Waals surface area contributed by atoms with Crippen LogP contribution in [0.1, 0.15) is 30.6 Å². The third-order valence-corrected chi connectivity index (χ3v) is 3.49. The Kier molecular flexibility index (Phi) is 7.15. The van der Waals surface area contributed by atoms with Crippen molar-refractivity contribution in [1.82, 2.24) is 4.90 Å². The highest BCUT2D eigenvalue weighted by Crippen LogP contribution is 2.16. The Hall–Kier alpha value is -1.49. The molecule has 0 aliphatic heterocycles. The minimum atomic E-state index is -0.366. The van der Waals surface area contributed by atoms with Crippen molar-refractivity contribution in [1.29, 1.82) is 0 Å². The molecule has 0 saturated carbocycles. The number of amides is 1. The van der Waals surface area contributed by atoms with Crippen LogP contribution in [0.25, 0.3) is 0 Å². The third kappa shape index (κ3) is 4.89. The molecule has 1 aromatic rings. The Balaban J connectivity index is 2.78. The van der Waals surface area contributed by atoms with Crippen molar-refractivity contribution in [3.8, 4) is 0 Å². The first kappa shape index (κ1) is 16.6. The number of benzene rings is 1. The van der Waals surface area contributed by atoms with E-state index >= 15 is 0 Å². The molecule has 20 heavy (non-hydrogen) atoms. The molecule has 4 nitrogen and oxygen atoms in total. The lowest BCUT2D eigenvalue weighted by Crippen LogP contribution is -2.37. The Labute approximate surface area is 124 Å². The van der Waals surface area contributed by atoms with Crippen LogP contribution in [0.3, 0.4) is 0 Å². The Morgan fingerprint density at radius 1 is 1.20 bits per heavy atom. The quantitative estimate of drug-likeness (QED) is 0.573. The number of thioether (sulfide) groups is 1. The van der Waals surface area contributed by atoms with E-state index in [9.17, 15) is 9.59 Å². The van der Waals surface area contributed by atoms with Crippen LogP contribution in [0.15, 0.2) is 29.2 Å². The first-order valence-corrected chi connectivity index (χ1v) is 7.93. The Bertz CT molecular complexity index is 445. The molecule has 0 radical (unpaired) electrons. The van der Waals surface area contributed by atoms with E-state index < -0.39 is 0 Å². The van der Waals surface area contributed by atoms with Crippen molar-refractivity contribution in [3.05, 3.63) is 29.8 Å². The van der Waals surface area contributed by atoms with E-state index in [4.69, 9.17) is 4.74 Å². The van der Waals surface area contributed by atoms with Gasteiger partial charge in [0.25, 0.3) is 5.91 Å². The number of ether oxygens (including phenoxy) is 1. The van der Waals surface area contributed by atoms with Gasteiger partial charge in [0.15, 0.2) is 0 Å². The molecule has 1 aromatic carbocycles. The van der Waals surface area contributed by atoms with E-state index in [1.165, 1.54) is 4.90 Å². The SMILES string of the molecule is CCCN(CC(=O)OCC)C(=O)c1ccc(SC)cc1. The van der Waals surface area contributed by atoms with Crippen molar-refractivity contribution in [3.63, 3.8) is 0 Å². The Morgan fingerprint density at radius 3 is 2.35 bits per heavy atom. The third-order valence-electron chi connectivity index (χ3n) is 2.74. The number of esters is 1. The fraction of sp³-hybridized carbons (Fsp3) is 0.467. The van der Waals surface area contributed by atoms with E-state index in [0.717, 1.165) is 11.3 Å². The molecule has 0 N–H and O–H groups in total. The van der Waals surface area contributed by atoms with E-state index in [1.807, 2.05) is 25.3 Å². The van der Waals surface area contributed by atoms with Gasteiger partial charge < -0.3 is 9.64 Å². The minimum Gasteiger partial charge on any atom is -0.465 e. The van der Waals surface area contributed by atoms with E-state index in [1.54, 1.807) is 30.8 Å². The van der Waals surface area contributed by atoms with Gasteiger partial charge in [0.05, 0.1) is 6.61 Å². The number of carbonyl (C=O) groups is 2. The van der Waals surface area contributed by atoms with Gasteiger partial charge in [0, 0.05) is 17.0 Å². The molecule has 0 saturated heterocycles. The van der Waals surface area contributed by atoms with Gasteiger partial charge in [-0.25, -0.2) is 0 Å². The van der Waals surface area contributed by atoms with Crippen LogP contribution < -0.4 is 0 Å². The maximum Gasteiger partial charge on any atom is 0.325 e. The molecule has 5 heteroatoms. The predicted molar refractivity (Wildman–Crippen MR) is 81.1 cm³/mol. The summed E-state index contributed by atoms with van der Waals surface area (Å²) in [5.41, 5.74) is 0.598. The smallest absolute Gasteiger partial charge is 0.325 e. The first-order valence-electron chi connectivity index (χ1n) is 6.71. The summed E-state index contributed by atoms with van der Waals surface area (Å²) < 4.78 is 4.91. The number of carbonyl (C=O) groups excluding carboxylic acids is 2. The highest BCUT2D eigenvalue weighted by Gasteiger charge is 2.18. The summed E-state index contributed by atoms with van der Waals surface area (Å²) in [6.07, 6.45) is 2.79. The highest BCUT2D eigenvalue weighted by molar-refractivity contribution is 7.98. The first-order chi connectivity index (χ1) is 9.62. The summed E-state index contributed by atoms with van der Waals surface area (Å²) in [4.78, 5) is 26.6. The number of hydrogen-bond acceptors (Lipinski definition) is 4. The summed E-state index contributed by atoms with van der Waals surface area (Å²) in [5.74, 6) is -0.498. The van der Waals surface area contributed by atoms with E-state index in [-0.39, 0.29) is 18.4 Å². The maximum atomic E-state index is 12.4. The maximum absolute atomic E-state index is 12.4. The van der Waals surface area contributed by atoms with Crippen molar-refractivity contribution in [2.45, 2.75) is 25.2 Å². The molecule has 110 valence electrons. The topological polar surface area (TPSA) is 46.6 Å². The lowest BCUT2D eigenvalue weighted by Gasteiger charge is -2.21. The number of rotatable bonds is 7. The summed E-state index contributed by atoms with van der Waals surface area (Å²) >= 11 is 1.63. The molecule has 0 heterocycles. The average Bonchev–Trinajstić information content (AvgIpc) is 2.46. The zero-order valence-corrected chi connectivity index (χ0v) is 13.0. The lowest BCUT2D eigenvalue weighted by molar-refractivity contribution is -0.143. The van der Waals surface area contributed by atoms with Crippen LogP contribution in [0, 0.1) is 0 Å². The van der Waals surface area contributed by atoms with Crippen LogP contribution in [-0.2, 0) is 9.53 Å². The molecule has 1 rings (SSSR count). The highest BCUT2D eigenvalue weighted by atomic mass is 32.2. The van der Waals surface area contributed by atoms with Gasteiger partial charge in [-0.15, -0.1) is 11.8 Å². The second-order valence-corrected chi connectivity index (χ2v) is 5.14. The molecule has 0 atom stereocenters. The predicted octanol–water partition coefficient (Wildman–Crippen LogP) is 2.82. The normalized spacial score (nSPS) is 10.2. The molecule has 0 aliphatic carbocycles. The van der Waals surface area contributed by atoms with Gasteiger partial charge in [-0.2, -0.15) is 0 Å². The van der Waals surface area contributed by atoms with Gasteiger partial charge in [-0.3, -0.25) is 9.59 Å². The molecular weight excluding hydrogens is 274 g/mol. The summed E-state index contributed by atoms with van der Waals surface area (Å²) in [6.45, 7) is 4.61. The van der Waals surface area contributed by atoms with Crippen LogP contribution in [0.5, 0.6) is 0 Å². The van der Waals surface area contributed by atoms with Crippen LogP contribution in [0.4, 0.5) is 0 Å². The molecule has 0 spiro atoms. The zero-order chi connectivity index (χ0) is 15.0. The van der Waals surface area contributed by atoms with Crippen LogP contribution in [0.2, 0.25) is 0 Å². The lowest BCUT2D eigenvalue weighted by atomic mass is 10.2.